The molecule has 0 heterocycles. The molecule has 0 unspecified atom stereocenters. The van der Waals surface area contributed by atoms with E-state index in [1.54, 1.807) is 0 Å². The van der Waals surface area contributed by atoms with Gasteiger partial charge in [0.15, 0.2) is 0 Å². The molecule has 1 aliphatic carbocycles. The Kier molecular flexibility index (Phi) is 4.25. The predicted octanol–water partition coefficient (Wildman–Crippen LogP) is 2.67. The van der Waals surface area contributed by atoms with Crippen LogP contribution < -0.4 is 5.32 Å². The fraction of sp³-hybridized carbons (Fsp3) is 0.562. The molecule has 0 spiro atoms. The van der Waals surface area contributed by atoms with Gasteiger partial charge in [-0.15, -0.1) is 0 Å². The van der Waals surface area contributed by atoms with Crippen molar-refractivity contribution in [3.8, 4) is 0 Å². The van der Waals surface area contributed by atoms with Gasteiger partial charge in [-0.25, -0.2) is 0 Å². The smallest absolute Gasteiger partial charge is 0.251 e. The van der Waals surface area contributed by atoms with Gasteiger partial charge < -0.3 is 10.4 Å². The molecule has 2 N–H and O–H groups in total. The van der Waals surface area contributed by atoms with Crippen molar-refractivity contribution in [2.24, 2.45) is 5.92 Å². The van der Waals surface area contributed by atoms with Crippen molar-refractivity contribution in [2.45, 2.75) is 45.1 Å². The van der Waals surface area contributed by atoms with Crippen LogP contribution in [0, 0.1) is 12.8 Å². The summed E-state index contributed by atoms with van der Waals surface area (Å²) in [5, 5.41) is 12.7. The Labute approximate surface area is 115 Å². The zero-order chi connectivity index (χ0) is 13.9. The Balaban J connectivity index is 2.06. The number of aryl methyl sites for hydroxylation is 1. The van der Waals surface area contributed by atoms with Gasteiger partial charge in [0.1, 0.15) is 0 Å². The maximum absolute atomic E-state index is 12.2. The maximum atomic E-state index is 12.2. The van der Waals surface area contributed by atoms with Crippen LogP contribution in [-0.2, 0) is 0 Å². The Bertz CT molecular complexity index is 431. The van der Waals surface area contributed by atoms with E-state index in [0.29, 0.717) is 11.5 Å². The first kappa shape index (κ1) is 14.1. The van der Waals surface area contributed by atoms with Crippen molar-refractivity contribution in [1.29, 1.82) is 0 Å². The summed E-state index contributed by atoms with van der Waals surface area (Å²) in [5.41, 5.74) is 1.38. The topological polar surface area (TPSA) is 49.3 Å². The predicted molar refractivity (Wildman–Crippen MR) is 76.1 cm³/mol. The summed E-state index contributed by atoms with van der Waals surface area (Å²) in [5.74, 6) is 0.611. The summed E-state index contributed by atoms with van der Waals surface area (Å²) in [4.78, 5) is 12.2. The van der Waals surface area contributed by atoms with Crippen molar-refractivity contribution < 1.29 is 9.90 Å². The van der Waals surface area contributed by atoms with E-state index in [4.69, 9.17) is 0 Å². The summed E-state index contributed by atoms with van der Waals surface area (Å²) in [6, 6.07) is 7.54. The maximum Gasteiger partial charge on any atom is 0.251 e. The van der Waals surface area contributed by atoms with Crippen molar-refractivity contribution in [2.75, 3.05) is 6.61 Å². The highest BCUT2D eigenvalue weighted by Gasteiger charge is 2.35. The zero-order valence-corrected chi connectivity index (χ0v) is 11.8. The van der Waals surface area contributed by atoms with Crippen molar-refractivity contribution >= 4 is 5.91 Å². The van der Waals surface area contributed by atoms with E-state index in [-0.39, 0.29) is 12.5 Å². The number of benzene rings is 1. The Morgan fingerprint density at radius 1 is 1.32 bits per heavy atom. The minimum absolute atomic E-state index is 0.0251. The van der Waals surface area contributed by atoms with Gasteiger partial charge in [0.2, 0.25) is 0 Å². The fourth-order valence-corrected chi connectivity index (χ4v) is 2.66. The highest BCUT2D eigenvalue weighted by molar-refractivity contribution is 5.94. The van der Waals surface area contributed by atoms with Gasteiger partial charge >= 0.3 is 0 Å². The highest BCUT2D eigenvalue weighted by atomic mass is 16.3. The van der Waals surface area contributed by atoms with Gasteiger partial charge in [-0.2, -0.15) is 0 Å². The lowest BCUT2D eigenvalue weighted by Crippen LogP contribution is -2.53. The molecule has 0 atom stereocenters. The molecule has 3 heteroatoms. The SMILES string of the molecule is Cc1ccc(C(=O)NC2(CO)CCC(C)CC2)cc1. The molecule has 104 valence electrons. The van der Waals surface area contributed by atoms with Crippen LogP contribution in [0.1, 0.15) is 48.5 Å². The van der Waals surface area contributed by atoms with E-state index in [9.17, 15) is 9.90 Å². The summed E-state index contributed by atoms with van der Waals surface area (Å²) in [7, 11) is 0. The molecule has 0 radical (unpaired) electrons. The third kappa shape index (κ3) is 3.35. The average Bonchev–Trinajstić information content (AvgIpc) is 2.42. The van der Waals surface area contributed by atoms with Crippen LogP contribution in [0.3, 0.4) is 0 Å². The third-order valence-electron chi connectivity index (χ3n) is 4.23. The number of hydrogen-bond donors (Lipinski definition) is 2. The third-order valence-corrected chi connectivity index (χ3v) is 4.23. The lowest BCUT2D eigenvalue weighted by Gasteiger charge is -2.38. The Hall–Kier alpha value is -1.35. The molecular weight excluding hydrogens is 238 g/mol. The first-order valence-electron chi connectivity index (χ1n) is 7.05. The number of aliphatic hydroxyl groups is 1. The molecule has 2 rings (SSSR count). The molecule has 1 saturated carbocycles. The number of rotatable bonds is 3. The van der Waals surface area contributed by atoms with E-state index < -0.39 is 5.54 Å². The number of hydrogen-bond acceptors (Lipinski definition) is 2. The van der Waals surface area contributed by atoms with Crippen LogP contribution >= 0.6 is 0 Å². The Morgan fingerprint density at radius 2 is 1.89 bits per heavy atom. The highest BCUT2D eigenvalue weighted by Crippen LogP contribution is 2.31. The lowest BCUT2D eigenvalue weighted by molar-refractivity contribution is 0.0717. The Morgan fingerprint density at radius 3 is 2.42 bits per heavy atom. The van der Waals surface area contributed by atoms with Crippen molar-refractivity contribution in [3.63, 3.8) is 0 Å². The van der Waals surface area contributed by atoms with Gasteiger partial charge in [-0.05, 0) is 50.7 Å². The standard InChI is InChI=1S/C16H23NO2/c1-12-3-5-14(6-4-12)15(19)17-16(11-18)9-7-13(2)8-10-16/h3-6,13,18H,7-11H2,1-2H3,(H,17,19). The lowest BCUT2D eigenvalue weighted by atomic mass is 9.77. The summed E-state index contributed by atoms with van der Waals surface area (Å²) < 4.78 is 0. The van der Waals surface area contributed by atoms with Crippen LogP contribution in [0.4, 0.5) is 0 Å². The van der Waals surface area contributed by atoms with Gasteiger partial charge in [0.05, 0.1) is 12.1 Å². The average molecular weight is 261 g/mol. The fourth-order valence-electron chi connectivity index (χ4n) is 2.66. The molecule has 0 aromatic heterocycles. The van der Waals surface area contributed by atoms with Crippen LogP contribution in [0.5, 0.6) is 0 Å². The second kappa shape index (κ2) is 5.74. The number of aliphatic hydroxyl groups excluding tert-OH is 1. The van der Waals surface area contributed by atoms with E-state index in [2.05, 4.69) is 12.2 Å². The molecule has 1 amide bonds. The first-order valence-corrected chi connectivity index (χ1v) is 7.05. The summed E-state index contributed by atoms with van der Waals surface area (Å²) in [6.07, 6.45) is 3.86. The molecule has 19 heavy (non-hydrogen) atoms. The summed E-state index contributed by atoms with van der Waals surface area (Å²) in [6.45, 7) is 4.25. The second-order valence-electron chi connectivity index (χ2n) is 5.94. The molecule has 1 aromatic carbocycles. The van der Waals surface area contributed by atoms with Crippen LogP contribution in [-0.4, -0.2) is 23.2 Å². The van der Waals surface area contributed by atoms with Crippen LogP contribution in [0.15, 0.2) is 24.3 Å². The van der Waals surface area contributed by atoms with Crippen molar-refractivity contribution in [1.82, 2.24) is 5.32 Å². The van der Waals surface area contributed by atoms with Gasteiger partial charge in [0.25, 0.3) is 5.91 Å². The van der Waals surface area contributed by atoms with E-state index in [1.165, 1.54) is 0 Å². The number of carbonyl (C=O) groups excluding carboxylic acids is 1. The number of nitrogens with one attached hydrogen (secondary N) is 1. The molecular formula is C16H23NO2. The molecule has 3 nitrogen and oxygen atoms in total. The zero-order valence-electron chi connectivity index (χ0n) is 11.8. The molecule has 0 bridgehead atoms. The molecule has 1 aromatic rings. The number of amides is 1. The van der Waals surface area contributed by atoms with Crippen LogP contribution in [0.2, 0.25) is 0 Å². The van der Waals surface area contributed by atoms with E-state index in [1.807, 2.05) is 31.2 Å². The van der Waals surface area contributed by atoms with Crippen LogP contribution in [0.25, 0.3) is 0 Å². The monoisotopic (exact) mass is 261 g/mol. The van der Waals surface area contributed by atoms with E-state index in [0.717, 1.165) is 31.2 Å². The quantitative estimate of drug-likeness (QED) is 0.879. The second-order valence-corrected chi connectivity index (χ2v) is 5.94. The molecule has 0 aliphatic heterocycles. The van der Waals surface area contributed by atoms with Gasteiger partial charge in [0, 0.05) is 5.56 Å². The largest absolute Gasteiger partial charge is 0.394 e. The minimum atomic E-state index is -0.422. The molecule has 1 aliphatic rings. The van der Waals surface area contributed by atoms with Gasteiger partial charge in [-0.1, -0.05) is 24.6 Å². The van der Waals surface area contributed by atoms with Crippen molar-refractivity contribution in [3.05, 3.63) is 35.4 Å². The molecule has 0 saturated heterocycles. The number of carbonyl (C=O) groups is 1. The summed E-state index contributed by atoms with van der Waals surface area (Å²) >= 11 is 0. The first-order chi connectivity index (χ1) is 9.04. The molecule has 1 fully saturated rings. The normalized spacial score (nSPS) is 27.0. The minimum Gasteiger partial charge on any atom is -0.394 e. The van der Waals surface area contributed by atoms with Gasteiger partial charge in [-0.3, -0.25) is 4.79 Å². The van der Waals surface area contributed by atoms with E-state index >= 15 is 0 Å².